The molecule has 2 aromatic rings. The molecule has 0 spiro atoms. The molecule has 0 bridgehead atoms. The quantitative estimate of drug-likeness (QED) is 0.408. The van der Waals surface area contributed by atoms with Crippen molar-refractivity contribution in [3.8, 4) is 0 Å². The number of nitrogens with one attached hydrogen (secondary N) is 1. The zero-order chi connectivity index (χ0) is 28.1. The summed E-state index contributed by atoms with van der Waals surface area (Å²) in [6.45, 7) is 11.6. The Morgan fingerprint density at radius 2 is 1.95 bits per heavy atom. The SMILES string of the molecule is C=CCN1C(=O)NC(c2cccc(C)c2)C(C(=O)OCC)=C1CN1CCN(C(=O)c2cccc(F)c2)C(C)C1. The fourth-order valence-electron chi connectivity index (χ4n) is 5.22. The molecule has 9 heteroatoms. The van der Waals surface area contributed by atoms with E-state index in [0.29, 0.717) is 43.0 Å². The van der Waals surface area contributed by atoms with Gasteiger partial charge in [-0.2, -0.15) is 0 Å². The van der Waals surface area contributed by atoms with Gasteiger partial charge < -0.3 is 15.0 Å². The van der Waals surface area contributed by atoms with Crippen LogP contribution in [0, 0.1) is 12.7 Å². The topological polar surface area (TPSA) is 82.2 Å². The molecule has 1 saturated heterocycles. The van der Waals surface area contributed by atoms with Gasteiger partial charge in [-0.25, -0.2) is 14.0 Å². The van der Waals surface area contributed by atoms with Crippen LogP contribution in [0.4, 0.5) is 9.18 Å². The molecule has 1 fully saturated rings. The number of halogens is 1. The minimum Gasteiger partial charge on any atom is -0.463 e. The normalized spacial score (nSPS) is 20.1. The van der Waals surface area contributed by atoms with E-state index in [9.17, 15) is 18.8 Å². The summed E-state index contributed by atoms with van der Waals surface area (Å²) in [6, 6.07) is 12.2. The number of piperazine rings is 1. The first-order valence-electron chi connectivity index (χ1n) is 13.2. The number of urea groups is 1. The van der Waals surface area contributed by atoms with Crippen LogP contribution < -0.4 is 5.32 Å². The lowest BCUT2D eigenvalue weighted by Crippen LogP contribution is -2.56. The molecule has 0 saturated carbocycles. The van der Waals surface area contributed by atoms with E-state index in [1.54, 1.807) is 24.0 Å². The van der Waals surface area contributed by atoms with Gasteiger partial charge in [0, 0.05) is 50.0 Å². The Morgan fingerprint density at radius 3 is 2.62 bits per heavy atom. The van der Waals surface area contributed by atoms with Crippen molar-refractivity contribution in [1.29, 1.82) is 0 Å². The number of rotatable bonds is 8. The third-order valence-corrected chi connectivity index (χ3v) is 7.04. The number of hydrogen-bond acceptors (Lipinski definition) is 5. The van der Waals surface area contributed by atoms with Crippen molar-refractivity contribution in [3.63, 3.8) is 0 Å². The average Bonchev–Trinajstić information content (AvgIpc) is 2.90. The van der Waals surface area contributed by atoms with Crippen LogP contribution in [-0.4, -0.2) is 78.0 Å². The predicted octanol–water partition coefficient (Wildman–Crippen LogP) is 4.05. The summed E-state index contributed by atoms with van der Waals surface area (Å²) in [5.74, 6) is -1.16. The van der Waals surface area contributed by atoms with Crippen LogP contribution in [0.2, 0.25) is 0 Å². The van der Waals surface area contributed by atoms with Gasteiger partial charge in [-0.1, -0.05) is 42.0 Å². The van der Waals surface area contributed by atoms with E-state index < -0.39 is 17.8 Å². The van der Waals surface area contributed by atoms with E-state index in [1.165, 1.54) is 23.1 Å². The molecule has 39 heavy (non-hydrogen) atoms. The Morgan fingerprint density at radius 1 is 1.18 bits per heavy atom. The number of aryl methyl sites for hydroxylation is 1. The summed E-state index contributed by atoms with van der Waals surface area (Å²) < 4.78 is 19.2. The third-order valence-electron chi connectivity index (χ3n) is 7.04. The molecule has 2 aliphatic heterocycles. The maximum Gasteiger partial charge on any atom is 0.338 e. The van der Waals surface area contributed by atoms with Crippen LogP contribution in [0.25, 0.3) is 0 Å². The molecule has 3 amide bonds. The van der Waals surface area contributed by atoms with E-state index in [1.807, 2.05) is 38.1 Å². The molecule has 0 aliphatic carbocycles. The highest BCUT2D eigenvalue weighted by Gasteiger charge is 2.39. The Hall–Kier alpha value is -3.98. The van der Waals surface area contributed by atoms with Gasteiger partial charge in [0.25, 0.3) is 5.91 Å². The summed E-state index contributed by atoms with van der Waals surface area (Å²) in [7, 11) is 0. The van der Waals surface area contributed by atoms with E-state index in [4.69, 9.17) is 4.74 Å². The first-order valence-corrected chi connectivity index (χ1v) is 13.2. The molecular weight excluding hydrogens is 499 g/mol. The standard InChI is InChI=1S/C30H35FN4O4/c1-5-13-35-25(19-33-14-15-34(21(4)18-33)28(36)23-11-8-12-24(31)17-23)26(29(37)39-6-2)27(32-30(35)38)22-10-7-9-20(3)16-22/h5,7-12,16-17,21,27H,1,6,13-15,18-19H2,2-4H3,(H,32,38). The number of hydrogen-bond donors (Lipinski definition) is 1. The number of esters is 1. The molecule has 2 unspecified atom stereocenters. The van der Waals surface area contributed by atoms with Gasteiger partial charge in [0.05, 0.1) is 18.2 Å². The van der Waals surface area contributed by atoms with Gasteiger partial charge in [-0.05, 0) is 44.5 Å². The van der Waals surface area contributed by atoms with Gasteiger partial charge in [0.15, 0.2) is 0 Å². The first kappa shape index (κ1) is 28.0. The second-order valence-electron chi connectivity index (χ2n) is 9.87. The highest BCUT2D eigenvalue weighted by molar-refractivity contribution is 5.95. The maximum absolute atomic E-state index is 13.7. The molecular formula is C30H35FN4O4. The number of benzene rings is 2. The zero-order valence-corrected chi connectivity index (χ0v) is 22.7. The molecule has 1 N–H and O–H groups in total. The molecule has 0 radical (unpaired) electrons. The van der Waals surface area contributed by atoms with Gasteiger partial charge in [-0.3, -0.25) is 14.6 Å². The summed E-state index contributed by atoms with van der Waals surface area (Å²) in [4.78, 5) is 45.1. The van der Waals surface area contributed by atoms with Gasteiger partial charge in [-0.15, -0.1) is 6.58 Å². The van der Waals surface area contributed by atoms with E-state index in [2.05, 4.69) is 16.8 Å². The van der Waals surface area contributed by atoms with Crippen molar-refractivity contribution in [1.82, 2.24) is 20.0 Å². The number of carbonyl (C=O) groups is 3. The molecule has 8 nitrogen and oxygen atoms in total. The summed E-state index contributed by atoms with van der Waals surface area (Å²) in [5, 5.41) is 2.98. The molecule has 0 aromatic heterocycles. The van der Waals surface area contributed by atoms with Crippen molar-refractivity contribution in [2.45, 2.75) is 32.9 Å². The third kappa shape index (κ3) is 6.20. The van der Waals surface area contributed by atoms with Crippen molar-refractivity contribution in [2.24, 2.45) is 0 Å². The van der Waals surface area contributed by atoms with Crippen LogP contribution in [0.15, 0.2) is 72.5 Å². The van der Waals surface area contributed by atoms with Crippen molar-refractivity contribution in [3.05, 3.63) is 95.0 Å². The average molecular weight is 535 g/mol. The van der Waals surface area contributed by atoms with Crippen molar-refractivity contribution < 1.29 is 23.5 Å². The monoisotopic (exact) mass is 534 g/mol. The molecule has 2 heterocycles. The predicted molar refractivity (Wildman–Crippen MR) is 146 cm³/mol. The minimum absolute atomic E-state index is 0.168. The lowest BCUT2D eigenvalue weighted by molar-refractivity contribution is -0.139. The van der Waals surface area contributed by atoms with E-state index in [-0.39, 0.29) is 31.1 Å². The Labute approximate surface area is 228 Å². The van der Waals surface area contributed by atoms with Crippen LogP contribution >= 0.6 is 0 Å². The largest absolute Gasteiger partial charge is 0.463 e. The number of ether oxygens (including phenoxy) is 1. The number of carbonyl (C=O) groups excluding carboxylic acids is 3. The highest BCUT2D eigenvalue weighted by Crippen LogP contribution is 2.33. The van der Waals surface area contributed by atoms with Gasteiger partial charge in [0.2, 0.25) is 0 Å². The molecule has 2 aromatic carbocycles. The zero-order valence-electron chi connectivity index (χ0n) is 22.7. The molecule has 206 valence electrons. The number of nitrogens with zero attached hydrogens (tertiary/aromatic N) is 3. The second kappa shape index (κ2) is 12.3. The minimum atomic E-state index is -0.666. The van der Waals surface area contributed by atoms with E-state index >= 15 is 0 Å². The first-order chi connectivity index (χ1) is 18.7. The maximum atomic E-state index is 13.7. The fourth-order valence-corrected chi connectivity index (χ4v) is 5.22. The van der Waals surface area contributed by atoms with Crippen LogP contribution in [-0.2, 0) is 9.53 Å². The van der Waals surface area contributed by atoms with Crippen LogP contribution in [0.3, 0.4) is 0 Å². The second-order valence-corrected chi connectivity index (χ2v) is 9.87. The summed E-state index contributed by atoms with van der Waals surface area (Å²) >= 11 is 0. The van der Waals surface area contributed by atoms with Gasteiger partial charge in [0.1, 0.15) is 5.82 Å². The highest BCUT2D eigenvalue weighted by atomic mass is 19.1. The Balaban J connectivity index is 1.65. The van der Waals surface area contributed by atoms with Gasteiger partial charge >= 0.3 is 12.0 Å². The fraction of sp³-hybridized carbons (Fsp3) is 0.367. The summed E-state index contributed by atoms with van der Waals surface area (Å²) in [5.41, 5.74) is 3.05. The summed E-state index contributed by atoms with van der Waals surface area (Å²) in [6.07, 6.45) is 1.62. The Bertz CT molecular complexity index is 1290. The Kier molecular flexibility index (Phi) is 8.81. The van der Waals surface area contributed by atoms with E-state index in [0.717, 1.165) is 11.1 Å². The smallest absolute Gasteiger partial charge is 0.338 e. The molecule has 2 atom stereocenters. The lowest BCUT2D eigenvalue weighted by Gasteiger charge is -2.43. The van der Waals surface area contributed by atoms with Crippen molar-refractivity contribution in [2.75, 3.05) is 39.3 Å². The number of amides is 3. The van der Waals surface area contributed by atoms with Crippen LogP contribution in [0.5, 0.6) is 0 Å². The van der Waals surface area contributed by atoms with Crippen molar-refractivity contribution >= 4 is 17.9 Å². The van der Waals surface area contributed by atoms with Crippen LogP contribution in [0.1, 0.15) is 41.4 Å². The molecule has 2 aliphatic rings. The lowest BCUT2D eigenvalue weighted by atomic mass is 9.93. The molecule has 4 rings (SSSR count).